The van der Waals surface area contributed by atoms with Crippen LogP contribution < -0.4 is 0 Å². The second kappa shape index (κ2) is 7.32. The summed E-state index contributed by atoms with van der Waals surface area (Å²) < 4.78 is 38.9. The maximum absolute atomic E-state index is 13.2. The number of hydrogen-bond donors (Lipinski definition) is 0. The Hall–Kier alpha value is -1.06. The Balaban J connectivity index is 1.52. The average Bonchev–Trinajstić information content (AvgIpc) is 3.26. The Morgan fingerprint density at radius 2 is 1.89 bits per heavy atom. The molecule has 2 bridgehead atoms. The van der Waals surface area contributed by atoms with E-state index in [4.69, 9.17) is 9.47 Å². The third kappa shape index (κ3) is 3.19. The van der Waals surface area contributed by atoms with Crippen molar-refractivity contribution in [1.82, 2.24) is 4.31 Å². The number of carbonyl (C=O) groups excluding carboxylic acids is 2. The molecule has 4 rings (SSSR count). The lowest BCUT2D eigenvalue weighted by Crippen LogP contribution is -2.51. The van der Waals surface area contributed by atoms with Crippen molar-refractivity contribution >= 4 is 33.7 Å². The smallest absolute Gasteiger partial charge is 0.347 e. The molecule has 4 fully saturated rings. The van der Waals surface area contributed by atoms with E-state index >= 15 is 0 Å². The van der Waals surface area contributed by atoms with Crippen molar-refractivity contribution in [3.63, 3.8) is 0 Å². The van der Waals surface area contributed by atoms with Gasteiger partial charge in [-0.1, -0.05) is 25.8 Å². The summed E-state index contributed by atoms with van der Waals surface area (Å²) in [5.74, 6) is -1.27. The quantitative estimate of drug-likeness (QED) is 0.488. The van der Waals surface area contributed by atoms with E-state index in [1.807, 2.05) is 0 Å². The number of hydrogen-bond acceptors (Lipinski definition) is 7. The second-order valence-electron chi connectivity index (χ2n) is 8.30. The first-order valence-electron chi connectivity index (χ1n) is 9.96. The van der Waals surface area contributed by atoms with Gasteiger partial charge in [-0.2, -0.15) is 4.31 Å². The molecule has 6 unspecified atom stereocenters. The van der Waals surface area contributed by atoms with Crippen LogP contribution in [-0.2, 0) is 29.1 Å². The molecule has 156 valence electrons. The van der Waals surface area contributed by atoms with E-state index in [0.717, 1.165) is 32.1 Å². The van der Waals surface area contributed by atoms with E-state index in [1.165, 1.54) is 13.8 Å². The molecule has 7 nitrogen and oxygen atoms in total. The van der Waals surface area contributed by atoms with Crippen LogP contribution in [0.4, 0.5) is 0 Å². The molecule has 1 aliphatic carbocycles. The summed E-state index contributed by atoms with van der Waals surface area (Å²) in [4.78, 5) is 24.2. The minimum Gasteiger partial charge on any atom is -0.457 e. The topological polar surface area (TPSA) is 90.0 Å². The van der Waals surface area contributed by atoms with Crippen LogP contribution in [0.1, 0.15) is 52.4 Å². The van der Waals surface area contributed by atoms with Gasteiger partial charge < -0.3 is 9.47 Å². The molecule has 0 spiro atoms. The third-order valence-electron chi connectivity index (χ3n) is 6.32. The Morgan fingerprint density at radius 3 is 2.54 bits per heavy atom. The fraction of sp³-hybridized carbons (Fsp3) is 0.789. The van der Waals surface area contributed by atoms with E-state index in [9.17, 15) is 18.0 Å². The van der Waals surface area contributed by atoms with Crippen LogP contribution in [0.3, 0.4) is 0 Å². The van der Waals surface area contributed by atoms with E-state index in [0.29, 0.717) is 6.42 Å². The molecule has 0 amide bonds. The molecule has 4 aliphatic rings. The van der Waals surface area contributed by atoms with Gasteiger partial charge in [0.15, 0.2) is 6.10 Å². The van der Waals surface area contributed by atoms with Crippen molar-refractivity contribution in [2.24, 2.45) is 0 Å². The van der Waals surface area contributed by atoms with Gasteiger partial charge in [0.1, 0.15) is 6.10 Å². The van der Waals surface area contributed by atoms with Gasteiger partial charge >= 0.3 is 11.9 Å². The number of esters is 2. The molecule has 6 atom stereocenters. The minimum atomic E-state index is -3.37. The van der Waals surface area contributed by atoms with Crippen LogP contribution in [0.25, 0.3) is 0 Å². The lowest BCUT2D eigenvalue weighted by molar-refractivity contribution is -0.170. The number of ether oxygens (including phenoxy) is 2. The SMILES string of the molecule is C=C(C)C(=O)OC(C)C(=O)OC1C2CC3C(S2)C1N(C1CCCCC1)S3(=O)=O. The van der Waals surface area contributed by atoms with E-state index in [1.54, 1.807) is 16.1 Å². The molecule has 3 saturated heterocycles. The Bertz CT molecular complexity index is 790. The highest BCUT2D eigenvalue weighted by molar-refractivity contribution is 8.03. The lowest BCUT2D eigenvalue weighted by Gasteiger charge is -2.36. The van der Waals surface area contributed by atoms with Crippen LogP contribution in [0.15, 0.2) is 12.2 Å². The van der Waals surface area contributed by atoms with Crippen LogP contribution in [0.5, 0.6) is 0 Å². The largest absolute Gasteiger partial charge is 0.457 e. The third-order valence-corrected chi connectivity index (χ3v) is 10.6. The summed E-state index contributed by atoms with van der Waals surface area (Å²) in [5, 5.41) is -0.414. The van der Waals surface area contributed by atoms with Crippen LogP contribution >= 0.6 is 11.8 Å². The van der Waals surface area contributed by atoms with Crippen molar-refractivity contribution in [3.8, 4) is 0 Å². The normalized spacial score (nSPS) is 37.6. The van der Waals surface area contributed by atoms with Crippen molar-refractivity contribution in [2.45, 2.75) is 92.4 Å². The zero-order valence-corrected chi connectivity index (χ0v) is 17.8. The van der Waals surface area contributed by atoms with Gasteiger partial charge in [-0.15, -0.1) is 11.8 Å². The summed E-state index contributed by atoms with van der Waals surface area (Å²) in [6, 6.07) is -0.289. The molecule has 0 N–H and O–H groups in total. The Kier molecular flexibility index (Phi) is 5.29. The predicted molar refractivity (Wildman–Crippen MR) is 105 cm³/mol. The first-order chi connectivity index (χ1) is 13.2. The van der Waals surface area contributed by atoms with Gasteiger partial charge in [0.05, 0.1) is 11.3 Å². The van der Waals surface area contributed by atoms with Crippen LogP contribution in [0.2, 0.25) is 0 Å². The highest BCUT2D eigenvalue weighted by atomic mass is 32.2. The monoisotopic (exact) mass is 429 g/mol. The molecule has 1 saturated carbocycles. The molecular formula is C19H27NO6S2. The van der Waals surface area contributed by atoms with Crippen molar-refractivity contribution in [3.05, 3.63) is 12.2 Å². The highest BCUT2D eigenvalue weighted by Gasteiger charge is 2.69. The molecule has 0 aromatic carbocycles. The number of thioether (sulfide) groups is 1. The molecule has 0 aromatic rings. The van der Waals surface area contributed by atoms with Crippen molar-refractivity contribution in [2.75, 3.05) is 0 Å². The first kappa shape index (κ1) is 20.2. The zero-order valence-electron chi connectivity index (χ0n) is 16.2. The zero-order chi connectivity index (χ0) is 20.2. The van der Waals surface area contributed by atoms with Gasteiger partial charge in [0.2, 0.25) is 10.0 Å². The van der Waals surface area contributed by atoms with Gasteiger partial charge in [-0.3, -0.25) is 0 Å². The minimum absolute atomic E-state index is 0.00793. The summed E-state index contributed by atoms with van der Waals surface area (Å²) in [5.41, 5.74) is 0.211. The van der Waals surface area contributed by atoms with Crippen molar-refractivity contribution < 1.29 is 27.5 Å². The second-order valence-corrected chi connectivity index (χ2v) is 11.8. The average molecular weight is 430 g/mol. The fourth-order valence-electron chi connectivity index (χ4n) is 5.01. The molecule has 3 aliphatic heterocycles. The lowest BCUT2D eigenvalue weighted by atomic mass is 9.89. The van der Waals surface area contributed by atoms with Gasteiger partial charge in [0.25, 0.3) is 0 Å². The van der Waals surface area contributed by atoms with Crippen LogP contribution in [-0.4, -0.2) is 64.7 Å². The van der Waals surface area contributed by atoms with E-state index in [-0.39, 0.29) is 33.4 Å². The Labute approximate surface area is 170 Å². The molecule has 0 radical (unpaired) electrons. The van der Waals surface area contributed by atoms with Crippen LogP contribution in [0, 0.1) is 0 Å². The predicted octanol–water partition coefficient (Wildman–Crippen LogP) is 2.01. The van der Waals surface area contributed by atoms with Gasteiger partial charge in [-0.25, -0.2) is 18.0 Å². The Morgan fingerprint density at radius 1 is 1.21 bits per heavy atom. The number of fused-ring (bicyclic) bond motifs is 1. The van der Waals surface area contributed by atoms with Gasteiger partial charge in [0, 0.05) is 22.1 Å². The molecule has 28 heavy (non-hydrogen) atoms. The first-order valence-corrected chi connectivity index (χ1v) is 12.4. The van der Waals surface area contributed by atoms with E-state index < -0.39 is 34.2 Å². The summed E-state index contributed by atoms with van der Waals surface area (Å²) in [6.45, 7) is 6.49. The molecule has 9 heteroatoms. The fourth-order valence-corrected chi connectivity index (χ4v) is 10.1. The number of sulfonamides is 1. The van der Waals surface area contributed by atoms with Gasteiger partial charge in [-0.05, 0) is 33.1 Å². The summed E-state index contributed by atoms with van der Waals surface area (Å²) in [7, 11) is -3.37. The summed E-state index contributed by atoms with van der Waals surface area (Å²) >= 11 is 1.64. The highest BCUT2D eigenvalue weighted by Crippen LogP contribution is 2.58. The number of nitrogens with zero attached hydrogens (tertiary/aromatic N) is 1. The molecule has 3 heterocycles. The van der Waals surface area contributed by atoms with E-state index in [2.05, 4.69) is 6.58 Å². The standard InChI is InChI=1S/C19H27NO6S2/c1-10(2)18(21)25-11(3)19(22)26-16-13-9-14-17(27-13)15(16)20(28(14,23)24)12-7-5-4-6-8-12/h11-17H,1,4-9H2,2-3H3. The number of carbonyl (C=O) groups is 2. The summed E-state index contributed by atoms with van der Waals surface area (Å²) in [6.07, 6.45) is 3.95. The van der Waals surface area contributed by atoms with Crippen molar-refractivity contribution in [1.29, 1.82) is 0 Å². The molecule has 0 aromatic heterocycles. The number of rotatable bonds is 5. The maximum Gasteiger partial charge on any atom is 0.347 e. The maximum atomic E-state index is 13.2. The molecular weight excluding hydrogens is 402 g/mol.